The number of rotatable bonds is 8. The summed E-state index contributed by atoms with van der Waals surface area (Å²) in [7, 11) is 4.22. The molecule has 0 amide bonds. The van der Waals surface area contributed by atoms with Gasteiger partial charge >= 0.3 is 0 Å². The highest BCUT2D eigenvalue weighted by molar-refractivity contribution is 5.19. The first-order valence-electron chi connectivity index (χ1n) is 7.62. The van der Waals surface area contributed by atoms with E-state index in [1.165, 1.54) is 11.3 Å². The lowest BCUT2D eigenvalue weighted by atomic mass is 10.1. The van der Waals surface area contributed by atoms with E-state index < -0.39 is 0 Å². The summed E-state index contributed by atoms with van der Waals surface area (Å²) in [5.41, 5.74) is 2.57. The molecule has 1 N–H and O–H groups in total. The van der Waals surface area contributed by atoms with E-state index in [0.29, 0.717) is 6.04 Å². The molecular formula is C17H26N4. The Morgan fingerprint density at radius 3 is 2.67 bits per heavy atom. The molecule has 1 atom stereocenters. The highest BCUT2D eigenvalue weighted by Crippen LogP contribution is 2.14. The first-order chi connectivity index (χ1) is 10.2. The minimum atomic E-state index is 0.325. The van der Waals surface area contributed by atoms with Crippen molar-refractivity contribution in [3.8, 4) is 0 Å². The van der Waals surface area contributed by atoms with Gasteiger partial charge in [-0.1, -0.05) is 37.3 Å². The van der Waals surface area contributed by atoms with Crippen molar-refractivity contribution in [3.05, 3.63) is 54.1 Å². The van der Waals surface area contributed by atoms with Crippen molar-refractivity contribution in [2.24, 2.45) is 0 Å². The molecule has 0 aliphatic rings. The SMILES string of the molecule is CCCn1cncc1CNC(CN(C)C)c1ccccc1. The Labute approximate surface area is 127 Å². The molecule has 1 aromatic carbocycles. The number of benzene rings is 1. The molecule has 0 bridgehead atoms. The summed E-state index contributed by atoms with van der Waals surface area (Å²) in [6, 6.07) is 11.0. The molecule has 0 spiro atoms. The van der Waals surface area contributed by atoms with Gasteiger partial charge in [-0.15, -0.1) is 0 Å². The van der Waals surface area contributed by atoms with Gasteiger partial charge in [0.25, 0.3) is 0 Å². The lowest BCUT2D eigenvalue weighted by Gasteiger charge is -2.23. The maximum atomic E-state index is 4.26. The molecule has 1 heterocycles. The third-order valence-electron chi connectivity index (χ3n) is 3.54. The van der Waals surface area contributed by atoms with Crippen LogP contribution in [0.2, 0.25) is 0 Å². The predicted octanol–water partition coefficient (Wildman–Crippen LogP) is 2.69. The van der Waals surface area contributed by atoms with Gasteiger partial charge in [0.1, 0.15) is 0 Å². The Morgan fingerprint density at radius 2 is 2.00 bits per heavy atom. The maximum Gasteiger partial charge on any atom is 0.0948 e. The fourth-order valence-corrected chi connectivity index (χ4v) is 2.50. The number of aromatic nitrogens is 2. The van der Waals surface area contributed by atoms with Crippen LogP contribution in [0.1, 0.15) is 30.6 Å². The minimum absolute atomic E-state index is 0.325. The molecule has 0 aliphatic carbocycles. The monoisotopic (exact) mass is 286 g/mol. The van der Waals surface area contributed by atoms with Crippen molar-refractivity contribution in [2.45, 2.75) is 32.5 Å². The van der Waals surface area contributed by atoms with Gasteiger partial charge in [-0.25, -0.2) is 4.98 Å². The van der Waals surface area contributed by atoms with Crippen LogP contribution in [-0.4, -0.2) is 35.1 Å². The molecule has 0 saturated carbocycles. The Morgan fingerprint density at radius 1 is 1.24 bits per heavy atom. The number of nitrogens with zero attached hydrogens (tertiary/aromatic N) is 3. The normalized spacial score (nSPS) is 12.8. The van der Waals surface area contributed by atoms with Gasteiger partial charge < -0.3 is 14.8 Å². The molecule has 0 saturated heterocycles. The highest BCUT2D eigenvalue weighted by Gasteiger charge is 2.12. The Kier molecular flexibility index (Phi) is 5.96. The summed E-state index contributed by atoms with van der Waals surface area (Å²) >= 11 is 0. The number of hydrogen-bond acceptors (Lipinski definition) is 3. The second-order valence-corrected chi connectivity index (χ2v) is 5.68. The van der Waals surface area contributed by atoms with Crippen molar-refractivity contribution in [3.63, 3.8) is 0 Å². The summed E-state index contributed by atoms with van der Waals surface area (Å²) in [4.78, 5) is 6.48. The number of nitrogens with one attached hydrogen (secondary N) is 1. The van der Waals surface area contributed by atoms with Crippen molar-refractivity contribution in [1.82, 2.24) is 19.8 Å². The van der Waals surface area contributed by atoms with Gasteiger partial charge in [-0.2, -0.15) is 0 Å². The average molecular weight is 286 g/mol. The highest BCUT2D eigenvalue weighted by atomic mass is 15.1. The van der Waals surface area contributed by atoms with Crippen LogP contribution in [-0.2, 0) is 13.1 Å². The van der Waals surface area contributed by atoms with Crippen LogP contribution in [0.25, 0.3) is 0 Å². The molecule has 114 valence electrons. The Balaban J connectivity index is 2.03. The number of likely N-dealkylation sites (N-methyl/N-ethyl adjacent to an activating group) is 1. The lowest BCUT2D eigenvalue weighted by Crippen LogP contribution is -2.31. The molecule has 0 aliphatic heterocycles. The van der Waals surface area contributed by atoms with Gasteiger partial charge in [0.15, 0.2) is 0 Å². The van der Waals surface area contributed by atoms with E-state index in [2.05, 4.69) is 71.1 Å². The summed E-state index contributed by atoms with van der Waals surface area (Å²) in [6.45, 7) is 5.04. The van der Waals surface area contributed by atoms with Gasteiger partial charge in [0, 0.05) is 31.9 Å². The van der Waals surface area contributed by atoms with Gasteiger partial charge in [-0.3, -0.25) is 0 Å². The summed E-state index contributed by atoms with van der Waals surface area (Å²) in [5.74, 6) is 0. The van der Waals surface area contributed by atoms with Gasteiger partial charge in [0.05, 0.1) is 12.0 Å². The minimum Gasteiger partial charge on any atom is -0.333 e. The van der Waals surface area contributed by atoms with E-state index in [-0.39, 0.29) is 0 Å². The van der Waals surface area contributed by atoms with Crippen LogP contribution in [0.5, 0.6) is 0 Å². The third-order valence-corrected chi connectivity index (χ3v) is 3.54. The van der Waals surface area contributed by atoms with E-state index in [4.69, 9.17) is 0 Å². The predicted molar refractivity (Wildman–Crippen MR) is 87.1 cm³/mol. The third kappa shape index (κ3) is 4.69. The fourth-order valence-electron chi connectivity index (χ4n) is 2.50. The zero-order valence-corrected chi connectivity index (χ0v) is 13.3. The Bertz CT molecular complexity index is 519. The molecule has 4 nitrogen and oxygen atoms in total. The molecule has 1 aromatic heterocycles. The van der Waals surface area contributed by atoms with Gasteiger partial charge in [0.2, 0.25) is 0 Å². The zero-order chi connectivity index (χ0) is 15.1. The second kappa shape index (κ2) is 7.96. The molecule has 0 radical (unpaired) electrons. The van der Waals surface area contributed by atoms with Crippen LogP contribution >= 0.6 is 0 Å². The van der Waals surface area contributed by atoms with Crippen molar-refractivity contribution >= 4 is 0 Å². The van der Waals surface area contributed by atoms with Crippen molar-refractivity contribution in [1.29, 1.82) is 0 Å². The van der Waals surface area contributed by atoms with E-state index in [1.807, 2.05) is 12.5 Å². The van der Waals surface area contributed by atoms with E-state index in [9.17, 15) is 0 Å². The largest absolute Gasteiger partial charge is 0.333 e. The van der Waals surface area contributed by atoms with E-state index in [1.54, 1.807) is 0 Å². The van der Waals surface area contributed by atoms with Crippen LogP contribution < -0.4 is 5.32 Å². The van der Waals surface area contributed by atoms with E-state index >= 15 is 0 Å². The van der Waals surface area contributed by atoms with Crippen molar-refractivity contribution in [2.75, 3.05) is 20.6 Å². The number of imidazole rings is 1. The summed E-state index contributed by atoms with van der Waals surface area (Å²) in [5, 5.41) is 3.67. The van der Waals surface area contributed by atoms with Crippen LogP contribution in [0.3, 0.4) is 0 Å². The van der Waals surface area contributed by atoms with Crippen LogP contribution in [0.15, 0.2) is 42.9 Å². The maximum absolute atomic E-state index is 4.26. The molecule has 2 rings (SSSR count). The molecule has 2 aromatic rings. The first-order valence-corrected chi connectivity index (χ1v) is 7.62. The lowest BCUT2D eigenvalue weighted by molar-refractivity contribution is 0.338. The van der Waals surface area contributed by atoms with Crippen LogP contribution in [0, 0.1) is 0 Å². The van der Waals surface area contributed by atoms with E-state index in [0.717, 1.165) is 26.1 Å². The molecule has 21 heavy (non-hydrogen) atoms. The average Bonchev–Trinajstić information content (AvgIpc) is 2.92. The number of hydrogen-bond donors (Lipinski definition) is 1. The zero-order valence-electron chi connectivity index (χ0n) is 13.3. The van der Waals surface area contributed by atoms with Gasteiger partial charge in [-0.05, 0) is 26.1 Å². The Hall–Kier alpha value is -1.65. The van der Waals surface area contributed by atoms with Crippen LogP contribution in [0.4, 0.5) is 0 Å². The molecule has 1 unspecified atom stereocenters. The fraction of sp³-hybridized carbons (Fsp3) is 0.471. The molecule has 0 fully saturated rings. The second-order valence-electron chi connectivity index (χ2n) is 5.68. The standard InChI is InChI=1S/C17H26N4/c1-4-10-21-14-18-11-16(21)12-19-17(13-20(2)3)15-8-6-5-7-9-15/h5-9,11,14,17,19H,4,10,12-13H2,1-3H3. The number of aryl methyl sites for hydroxylation is 1. The first kappa shape index (κ1) is 15.7. The molecular weight excluding hydrogens is 260 g/mol. The smallest absolute Gasteiger partial charge is 0.0948 e. The summed E-state index contributed by atoms with van der Waals surface area (Å²) in [6.07, 6.45) is 5.01. The topological polar surface area (TPSA) is 33.1 Å². The summed E-state index contributed by atoms with van der Waals surface area (Å²) < 4.78 is 2.23. The quantitative estimate of drug-likeness (QED) is 0.810. The van der Waals surface area contributed by atoms with Crippen molar-refractivity contribution < 1.29 is 0 Å². The molecule has 4 heteroatoms.